The maximum absolute atomic E-state index is 12.4. The Balaban J connectivity index is 3.98. The zero-order valence-corrected chi connectivity index (χ0v) is 28.3. The highest BCUT2D eigenvalue weighted by atomic mass is 16.3. The number of unbranched alkanes of at least 4 members (excludes halogenated alkanes) is 21. The van der Waals surface area contributed by atoms with Crippen LogP contribution in [0, 0.1) is 0 Å². The van der Waals surface area contributed by atoms with Crippen LogP contribution in [0.5, 0.6) is 0 Å². The van der Waals surface area contributed by atoms with Crippen LogP contribution >= 0.6 is 0 Å². The monoisotopic (exact) mass is 596 g/mol. The molecule has 42 heavy (non-hydrogen) atoms. The van der Waals surface area contributed by atoms with Crippen LogP contribution in [-0.2, 0) is 9.59 Å². The SMILES string of the molecule is CCCCCCCCCCCCNC(=O)CCN(CCCCCCO)CCC(=O)NCCCCCCCCCCCC. The van der Waals surface area contributed by atoms with Crippen molar-refractivity contribution in [2.24, 2.45) is 0 Å². The standard InChI is InChI=1S/C36H73N3O3/c1-3-5-7-9-11-13-15-17-19-23-29-37-35(41)27-32-39(31-25-21-22-26-34-40)33-28-36(42)38-30-24-20-18-16-14-12-10-8-6-4-2/h40H,3-34H2,1-2H3,(H,37,41)(H,38,42). The van der Waals surface area contributed by atoms with Gasteiger partial charge in [-0.25, -0.2) is 0 Å². The molecule has 0 atom stereocenters. The molecule has 0 aliphatic heterocycles. The summed E-state index contributed by atoms with van der Waals surface area (Å²) >= 11 is 0. The molecule has 0 aromatic heterocycles. The molecule has 0 aromatic carbocycles. The first-order valence-corrected chi connectivity index (χ1v) is 18.5. The third-order valence-corrected chi connectivity index (χ3v) is 8.40. The fourth-order valence-corrected chi connectivity index (χ4v) is 5.51. The lowest BCUT2D eigenvalue weighted by atomic mass is 10.1. The Morgan fingerprint density at radius 1 is 0.452 bits per heavy atom. The molecule has 3 N–H and O–H groups in total. The molecule has 0 unspecified atom stereocenters. The van der Waals surface area contributed by atoms with Crippen LogP contribution < -0.4 is 10.6 Å². The zero-order chi connectivity index (χ0) is 30.8. The fourth-order valence-electron chi connectivity index (χ4n) is 5.51. The van der Waals surface area contributed by atoms with Gasteiger partial charge in [0.15, 0.2) is 0 Å². The van der Waals surface area contributed by atoms with Gasteiger partial charge >= 0.3 is 0 Å². The van der Waals surface area contributed by atoms with Gasteiger partial charge in [-0.2, -0.15) is 0 Å². The van der Waals surface area contributed by atoms with E-state index in [1.54, 1.807) is 0 Å². The molecule has 0 rings (SSSR count). The summed E-state index contributed by atoms with van der Waals surface area (Å²) in [6.45, 7) is 8.64. The summed E-state index contributed by atoms with van der Waals surface area (Å²) < 4.78 is 0. The fraction of sp³-hybridized carbons (Fsp3) is 0.944. The van der Waals surface area contributed by atoms with E-state index in [1.165, 1.54) is 116 Å². The van der Waals surface area contributed by atoms with E-state index >= 15 is 0 Å². The minimum absolute atomic E-state index is 0.126. The van der Waals surface area contributed by atoms with Crippen molar-refractivity contribution < 1.29 is 14.7 Å². The second-order valence-electron chi connectivity index (χ2n) is 12.5. The molecule has 0 bridgehead atoms. The largest absolute Gasteiger partial charge is 0.396 e. The van der Waals surface area contributed by atoms with Gasteiger partial charge in [-0.15, -0.1) is 0 Å². The van der Waals surface area contributed by atoms with Crippen molar-refractivity contribution in [1.29, 1.82) is 0 Å². The number of hydrogen-bond donors (Lipinski definition) is 3. The normalized spacial score (nSPS) is 11.3. The second-order valence-corrected chi connectivity index (χ2v) is 12.5. The molecule has 2 amide bonds. The Bertz CT molecular complexity index is 531. The lowest BCUT2D eigenvalue weighted by Gasteiger charge is -2.22. The maximum atomic E-state index is 12.4. The molecule has 0 saturated carbocycles. The van der Waals surface area contributed by atoms with Crippen LogP contribution in [-0.4, -0.2) is 61.2 Å². The van der Waals surface area contributed by atoms with Gasteiger partial charge < -0.3 is 20.6 Å². The first kappa shape index (κ1) is 40.9. The van der Waals surface area contributed by atoms with Crippen LogP contribution in [0.1, 0.15) is 181 Å². The van der Waals surface area contributed by atoms with E-state index < -0.39 is 0 Å². The average Bonchev–Trinajstić information content (AvgIpc) is 2.99. The van der Waals surface area contributed by atoms with Crippen LogP contribution in [0.25, 0.3) is 0 Å². The topological polar surface area (TPSA) is 81.7 Å². The summed E-state index contributed by atoms with van der Waals surface area (Å²) in [5.41, 5.74) is 0. The second kappa shape index (κ2) is 34.4. The van der Waals surface area contributed by atoms with E-state index in [-0.39, 0.29) is 18.4 Å². The number of amides is 2. The zero-order valence-electron chi connectivity index (χ0n) is 28.3. The lowest BCUT2D eigenvalue weighted by molar-refractivity contribution is -0.121. The van der Waals surface area contributed by atoms with Crippen LogP contribution in [0.15, 0.2) is 0 Å². The summed E-state index contributed by atoms with van der Waals surface area (Å²) in [4.78, 5) is 27.2. The molecular formula is C36H73N3O3. The Morgan fingerprint density at radius 3 is 1.17 bits per heavy atom. The summed E-state index contributed by atoms with van der Waals surface area (Å²) in [5, 5.41) is 15.2. The molecule has 0 radical (unpaired) electrons. The van der Waals surface area contributed by atoms with Gasteiger partial charge in [-0.05, 0) is 32.2 Å². The smallest absolute Gasteiger partial charge is 0.221 e. The predicted octanol–water partition coefficient (Wildman–Crippen LogP) is 8.70. The highest BCUT2D eigenvalue weighted by molar-refractivity contribution is 5.76. The van der Waals surface area contributed by atoms with Gasteiger partial charge in [0.25, 0.3) is 0 Å². The predicted molar refractivity (Wildman–Crippen MR) is 181 cm³/mol. The van der Waals surface area contributed by atoms with Crippen LogP contribution in [0.3, 0.4) is 0 Å². The molecule has 0 aliphatic carbocycles. The Labute approximate surface area is 261 Å². The Morgan fingerprint density at radius 2 is 0.786 bits per heavy atom. The summed E-state index contributed by atoms with van der Waals surface area (Å²) in [6.07, 6.45) is 31.0. The Kier molecular flexibility index (Phi) is 33.4. The number of carbonyl (C=O) groups is 2. The number of carbonyl (C=O) groups excluding carboxylic acids is 2. The number of hydrogen-bond acceptors (Lipinski definition) is 4. The first-order chi connectivity index (χ1) is 20.6. The molecule has 0 saturated heterocycles. The van der Waals surface area contributed by atoms with E-state index in [4.69, 9.17) is 5.11 Å². The van der Waals surface area contributed by atoms with Crippen molar-refractivity contribution in [1.82, 2.24) is 15.5 Å². The van der Waals surface area contributed by atoms with Crippen LogP contribution in [0.4, 0.5) is 0 Å². The van der Waals surface area contributed by atoms with Crippen molar-refractivity contribution in [2.45, 2.75) is 181 Å². The minimum Gasteiger partial charge on any atom is -0.396 e. The van der Waals surface area contributed by atoms with E-state index in [9.17, 15) is 9.59 Å². The molecule has 0 aliphatic rings. The number of nitrogens with zero attached hydrogens (tertiary/aromatic N) is 1. The number of rotatable bonds is 34. The first-order valence-electron chi connectivity index (χ1n) is 18.5. The summed E-state index contributed by atoms with van der Waals surface area (Å²) in [6, 6.07) is 0. The maximum Gasteiger partial charge on any atom is 0.221 e. The number of aliphatic hydroxyl groups excluding tert-OH is 1. The lowest BCUT2D eigenvalue weighted by Crippen LogP contribution is -2.35. The van der Waals surface area contributed by atoms with Crippen LogP contribution in [0.2, 0.25) is 0 Å². The molecule has 0 aromatic rings. The van der Waals surface area contributed by atoms with Crippen molar-refractivity contribution >= 4 is 11.8 Å². The summed E-state index contributed by atoms with van der Waals surface area (Å²) in [5.74, 6) is 0.253. The van der Waals surface area contributed by atoms with Gasteiger partial charge in [0, 0.05) is 45.6 Å². The molecular weight excluding hydrogens is 522 g/mol. The Hall–Kier alpha value is -1.14. The van der Waals surface area contributed by atoms with Gasteiger partial charge in [-0.3, -0.25) is 9.59 Å². The highest BCUT2D eigenvalue weighted by Gasteiger charge is 2.11. The van der Waals surface area contributed by atoms with E-state index in [1.807, 2.05) is 0 Å². The van der Waals surface area contributed by atoms with Gasteiger partial charge in [-0.1, -0.05) is 142 Å². The number of aliphatic hydroxyl groups is 1. The highest BCUT2D eigenvalue weighted by Crippen LogP contribution is 2.11. The van der Waals surface area contributed by atoms with Gasteiger partial charge in [0.1, 0.15) is 0 Å². The molecule has 0 heterocycles. The van der Waals surface area contributed by atoms with Gasteiger partial charge in [0.2, 0.25) is 11.8 Å². The quantitative estimate of drug-likeness (QED) is 0.0650. The van der Waals surface area contributed by atoms with Crippen molar-refractivity contribution in [2.75, 3.05) is 39.3 Å². The third kappa shape index (κ3) is 31.8. The van der Waals surface area contributed by atoms with Crippen molar-refractivity contribution in [3.63, 3.8) is 0 Å². The molecule has 6 nitrogen and oxygen atoms in total. The van der Waals surface area contributed by atoms with Crippen molar-refractivity contribution in [3.05, 3.63) is 0 Å². The number of nitrogens with one attached hydrogen (secondary N) is 2. The van der Waals surface area contributed by atoms with Crippen molar-refractivity contribution in [3.8, 4) is 0 Å². The van der Waals surface area contributed by atoms with E-state index in [2.05, 4.69) is 29.4 Å². The molecule has 0 fully saturated rings. The summed E-state index contributed by atoms with van der Waals surface area (Å²) in [7, 11) is 0. The average molecular weight is 596 g/mol. The van der Waals surface area contributed by atoms with Gasteiger partial charge in [0.05, 0.1) is 0 Å². The van der Waals surface area contributed by atoms with E-state index in [0.29, 0.717) is 25.9 Å². The molecule has 6 heteroatoms. The molecule has 0 spiro atoms. The molecule has 250 valence electrons. The third-order valence-electron chi connectivity index (χ3n) is 8.40. The minimum atomic E-state index is 0.126. The van der Waals surface area contributed by atoms with E-state index in [0.717, 1.165) is 58.2 Å².